The summed E-state index contributed by atoms with van der Waals surface area (Å²) in [6, 6.07) is -1.88. The zero-order chi connectivity index (χ0) is 13.5. The fourth-order valence-electron chi connectivity index (χ4n) is 1.19. The number of nitrogens with one attached hydrogen (secondary N) is 3. The molecule has 0 aliphatic heterocycles. The molecule has 0 saturated heterocycles. The third kappa shape index (κ3) is 4.51. The van der Waals surface area contributed by atoms with E-state index in [1.807, 2.05) is 0 Å². The van der Waals surface area contributed by atoms with Gasteiger partial charge in [0.05, 0.1) is 11.9 Å². The summed E-state index contributed by atoms with van der Waals surface area (Å²) in [6.07, 6.45) is 2.60. The number of urea groups is 1. The van der Waals surface area contributed by atoms with Gasteiger partial charge in [-0.3, -0.25) is 9.89 Å². The third-order valence-electron chi connectivity index (χ3n) is 2.04. The van der Waals surface area contributed by atoms with E-state index in [4.69, 9.17) is 10.8 Å². The van der Waals surface area contributed by atoms with Crippen molar-refractivity contribution in [2.24, 2.45) is 5.73 Å². The largest absolute Gasteiger partial charge is 0.480 e. The molecule has 9 nitrogen and oxygen atoms in total. The van der Waals surface area contributed by atoms with Crippen LogP contribution in [-0.4, -0.2) is 39.3 Å². The Hall–Kier alpha value is -2.58. The van der Waals surface area contributed by atoms with Crippen LogP contribution in [0.1, 0.15) is 12.8 Å². The number of primary amides is 1. The average molecular weight is 255 g/mol. The number of aromatic nitrogens is 2. The summed E-state index contributed by atoms with van der Waals surface area (Å²) in [4.78, 5) is 32.8. The molecule has 0 saturated carbocycles. The lowest BCUT2D eigenvalue weighted by Crippen LogP contribution is -2.43. The van der Waals surface area contributed by atoms with Crippen LogP contribution in [-0.2, 0) is 9.59 Å². The standard InChI is InChI=1S/C9H13N5O4/c10-7(15)2-1-6(8(16)17)14-9(18)13-5-3-11-12-4-5/h3-4,6H,1-2H2,(H2,10,15)(H,11,12)(H,16,17)(H2,13,14,18)/t6-/m1/s1. The van der Waals surface area contributed by atoms with Crippen molar-refractivity contribution in [3.05, 3.63) is 12.4 Å². The first kappa shape index (κ1) is 13.5. The number of hydrogen-bond donors (Lipinski definition) is 5. The second-order valence-corrected chi connectivity index (χ2v) is 3.48. The monoisotopic (exact) mass is 255 g/mol. The van der Waals surface area contributed by atoms with Crippen molar-refractivity contribution in [3.8, 4) is 0 Å². The van der Waals surface area contributed by atoms with E-state index in [1.165, 1.54) is 12.4 Å². The summed E-state index contributed by atoms with van der Waals surface area (Å²) in [6.45, 7) is 0. The van der Waals surface area contributed by atoms with Gasteiger partial charge in [-0.2, -0.15) is 5.10 Å². The maximum absolute atomic E-state index is 11.4. The maximum Gasteiger partial charge on any atom is 0.326 e. The Morgan fingerprint density at radius 1 is 1.50 bits per heavy atom. The highest BCUT2D eigenvalue weighted by Crippen LogP contribution is 2.02. The number of nitrogens with zero attached hydrogens (tertiary/aromatic N) is 1. The molecule has 1 heterocycles. The smallest absolute Gasteiger partial charge is 0.326 e. The lowest BCUT2D eigenvalue weighted by molar-refractivity contribution is -0.139. The number of anilines is 1. The van der Waals surface area contributed by atoms with E-state index in [0.717, 1.165) is 0 Å². The number of carbonyl (C=O) groups excluding carboxylic acids is 2. The minimum Gasteiger partial charge on any atom is -0.480 e. The number of carbonyl (C=O) groups is 3. The molecule has 98 valence electrons. The Morgan fingerprint density at radius 3 is 2.72 bits per heavy atom. The van der Waals surface area contributed by atoms with Crippen molar-refractivity contribution in [2.75, 3.05) is 5.32 Å². The van der Waals surface area contributed by atoms with Gasteiger partial charge in [-0.25, -0.2) is 9.59 Å². The van der Waals surface area contributed by atoms with Crippen LogP contribution < -0.4 is 16.4 Å². The molecule has 0 fully saturated rings. The topological polar surface area (TPSA) is 150 Å². The van der Waals surface area contributed by atoms with Crippen molar-refractivity contribution in [1.29, 1.82) is 0 Å². The fourth-order valence-corrected chi connectivity index (χ4v) is 1.19. The second-order valence-electron chi connectivity index (χ2n) is 3.48. The van der Waals surface area contributed by atoms with Gasteiger partial charge in [0.2, 0.25) is 5.91 Å². The Bertz CT molecular complexity index is 430. The second kappa shape index (κ2) is 6.23. The van der Waals surface area contributed by atoms with Crippen LogP contribution in [0.2, 0.25) is 0 Å². The molecule has 0 aliphatic carbocycles. The van der Waals surface area contributed by atoms with E-state index in [0.29, 0.717) is 5.69 Å². The number of carboxylic acids is 1. The highest BCUT2D eigenvalue weighted by molar-refractivity contribution is 5.92. The summed E-state index contributed by atoms with van der Waals surface area (Å²) in [5, 5.41) is 19.5. The number of amides is 3. The quantitative estimate of drug-likeness (QED) is 0.453. The first-order chi connectivity index (χ1) is 8.49. The molecule has 9 heteroatoms. The van der Waals surface area contributed by atoms with Crippen LogP contribution >= 0.6 is 0 Å². The van der Waals surface area contributed by atoms with Gasteiger partial charge in [0.25, 0.3) is 0 Å². The normalized spacial score (nSPS) is 11.6. The molecule has 0 aromatic carbocycles. The molecule has 6 N–H and O–H groups in total. The molecule has 3 amide bonds. The highest BCUT2D eigenvalue weighted by Gasteiger charge is 2.20. The zero-order valence-corrected chi connectivity index (χ0v) is 9.34. The molecule has 18 heavy (non-hydrogen) atoms. The Balaban J connectivity index is 2.47. The number of rotatable bonds is 6. The van der Waals surface area contributed by atoms with Crippen molar-refractivity contribution in [3.63, 3.8) is 0 Å². The predicted octanol–water partition coefficient (Wildman–Crippen LogP) is -0.750. The van der Waals surface area contributed by atoms with Crippen LogP contribution in [0.3, 0.4) is 0 Å². The molecule has 0 unspecified atom stereocenters. The number of hydrogen-bond acceptors (Lipinski definition) is 4. The van der Waals surface area contributed by atoms with E-state index < -0.39 is 23.9 Å². The highest BCUT2D eigenvalue weighted by atomic mass is 16.4. The molecule has 0 spiro atoms. The lowest BCUT2D eigenvalue weighted by atomic mass is 10.1. The molecule has 1 rings (SSSR count). The molecule has 0 radical (unpaired) electrons. The van der Waals surface area contributed by atoms with Crippen molar-refractivity contribution < 1.29 is 19.5 Å². The Labute approximate surface area is 102 Å². The Kier molecular flexibility index (Phi) is 4.67. The number of aromatic amines is 1. The summed E-state index contributed by atoms with van der Waals surface area (Å²) < 4.78 is 0. The number of H-pyrrole nitrogens is 1. The molecular formula is C9H13N5O4. The number of aliphatic carboxylic acids is 1. The fraction of sp³-hybridized carbons (Fsp3) is 0.333. The first-order valence-corrected chi connectivity index (χ1v) is 5.06. The van der Waals surface area contributed by atoms with E-state index in [1.54, 1.807) is 0 Å². The van der Waals surface area contributed by atoms with Gasteiger partial charge in [-0.05, 0) is 6.42 Å². The predicted molar refractivity (Wildman–Crippen MR) is 60.6 cm³/mol. The number of nitrogens with two attached hydrogens (primary N) is 1. The van der Waals surface area contributed by atoms with E-state index in [-0.39, 0.29) is 12.8 Å². The maximum atomic E-state index is 11.4. The SMILES string of the molecule is NC(=O)CC[C@@H](NC(=O)Nc1cn[nH]c1)C(=O)O. The molecule has 0 bridgehead atoms. The van der Waals surface area contributed by atoms with Gasteiger partial charge in [-0.15, -0.1) is 0 Å². The van der Waals surface area contributed by atoms with Gasteiger partial charge < -0.3 is 21.5 Å². The summed E-state index contributed by atoms with van der Waals surface area (Å²) in [5.74, 6) is -1.86. The van der Waals surface area contributed by atoms with E-state index >= 15 is 0 Å². The third-order valence-corrected chi connectivity index (χ3v) is 2.04. The molecule has 1 aromatic rings. The van der Waals surface area contributed by atoms with Gasteiger partial charge in [-0.1, -0.05) is 0 Å². The van der Waals surface area contributed by atoms with E-state index in [9.17, 15) is 14.4 Å². The molecule has 1 atom stereocenters. The molecule has 0 aliphatic rings. The average Bonchev–Trinajstić information content (AvgIpc) is 2.76. The van der Waals surface area contributed by atoms with Crippen LogP contribution in [0.4, 0.5) is 10.5 Å². The van der Waals surface area contributed by atoms with Crippen LogP contribution in [0.5, 0.6) is 0 Å². The minimum atomic E-state index is -1.24. The van der Waals surface area contributed by atoms with Crippen molar-refractivity contribution in [1.82, 2.24) is 15.5 Å². The van der Waals surface area contributed by atoms with Crippen LogP contribution in [0.15, 0.2) is 12.4 Å². The summed E-state index contributed by atoms with van der Waals surface area (Å²) >= 11 is 0. The first-order valence-electron chi connectivity index (χ1n) is 5.06. The molecular weight excluding hydrogens is 242 g/mol. The lowest BCUT2D eigenvalue weighted by Gasteiger charge is -2.13. The van der Waals surface area contributed by atoms with Crippen LogP contribution in [0.25, 0.3) is 0 Å². The van der Waals surface area contributed by atoms with E-state index in [2.05, 4.69) is 20.8 Å². The van der Waals surface area contributed by atoms with Gasteiger partial charge in [0, 0.05) is 12.6 Å². The summed E-state index contributed by atoms with van der Waals surface area (Å²) in [7, 11) is 0. The van der Waals surface area contributed by atoms with Crippen molar-refractivity contribution >= 4 is 23.6 Å². The Morgan fingerprint density at radius 2 is 2.22 bits per heavy atom. The molecule has 1 aromatic heterocycles. The van der Waals surface area contributed by atoms with Crippen LogP contribution in [0, 0.1) is 0 Å². The summed E-state index contributed by atoms with van der Waals surface area (Å²) in [5.41, 5.74) is 5.30. The minimum absolute atomic E-state index is 0.0660. The van der Waals surface area contributed by atoms with Crippen molar-refractivity contribution in [2.45, 2.75) is 18.9 Å². The van der Waals surface area contributed by atoms with Gasteiger partial charge in [0.15, 0.2) is 0 Å². The van der Waals surface area contributed by atoms with Gasteiger partial charge >= 0.3 is 12.0 Å². The number of carboxylic acid groups (broad SMARTS) is 1. The zero-order valence-electron chi connectivity index (χ0n) is 9.34. The van der Waals surface area contributed by atoms with Gasteiger partial charge in [0.1, 0.15) is 6.04 Å².